The van der Waals surface area contributed by atoms with Gasteiger partial charge in [0.2, 0.25) is 6.41 Å². The van der Waals surface area contributed by atoms with Gasteiger partial charge in [0, 0.05) is 13.1 Å². The summed E-state index contributed by atoms with van der Waals surface area (Å²) in [6, 6.07) is 0. The second-order valence-corrected chi connectivity index (χ2v) is 12.7. The summed E-state index contributed by atoms with van der Waals surface area (Å²) >= 11 is 0. The smallest absolute Gasteiger partial charge is 0.209 e. The van der Waals surface area contributed by atoms with Crippen LogP contribution in [0.3, 0.4) is 0 Å². The quantitative estimate of drug-likeness (QED) is 0.0568. The number of nitrogens with zero attached hydrogens (tertiary/aromatic N) is 1. The van der Waals surface area contributed by atoms with Crippen LogP contribution in [0.4, 0.5) is 0 Å². The topological polar surface area (TPSA) is 20.3 Å². The van der Waals surface area contributed by atoms with Crippen LogP contribution in [0.5, 0.6) is 0 Å². The molecule has 2 nitrogen and oxygen atoms in total. The molecule has 0 bridgehead atoms. The van der Waals surface area contributed by atoms with Crippen LogP contribution in [-0.4, -0.2) is 24.4 Å². The Morgan fingerprint density at radius 3 is 0.667 bits per heavy atom. The first-order chi connectivity index (χ1) is 19.3. The number of carbonyl (C=O) groups excluding carboxylic acids is 1. The van der Waals surface area contributed by atoms with Gasteiger partial charge in [-0.15, -0.1) is 0 Å². The fourth-order valence-corrected chi connectivity index (χ4v) is 5.94. The Bertz CT molecular complexity index is 401. The van der Waals surface area contributed by atoms with Gasteiger partial charge in [0.1, 0.15) is 0 Å². The van der Waals surface area contributed by atoms with Gasteiger partial charge >= 0.3 is 0 Å². The summed E-state index contributed by atoms with van der Waals surface area (Å²) in [6.45, 7) is 6.54. The predicted molar refractivity (Wildman–Crippen MR) is 177 cm³/mol. The third-order valence-corrected chi connectivity index (χ3v) is 8.75. The number of amides is 1. The minimum atomic E-state index is 0.973. The lowest BCUT2D eigenvalue weighted by Gasteiger charge is -2.17. The van der Waals surface area contributed by atoms with Crippen molar-refractivity contribution < 1.29 is 4.79 Å². The molecule has 0 aliphatic carbocycles. The van der Waals surface area contributed by atoms with Gasteiger partial charge in [-0.3, -0.25) is 4.79 Å². The first-order valence-corrected chi connectivity index (χ1v) is 18.5. The van der Waals surface area contributed by atoms with Crippen molar-refractivity contribution in [3.05, 3.63) is 0 Å². The number of rotatable bonds is 35. The molecule has 0 aliphatic heterocycles. The molecule has 0 rings (SSSR count). The molecule has 0 spiro atoms. The van der Waals surface area contributed by atoms with Crippen molar-refractivity contribution in [2.24, 2.45) is 0 Å². The Balaban J connectivity index is 3.25. The van der Waals surface area contributed by atoms with Crippen LogP contribution in [-0.2, 0) is 4.79 Å². The molecule has 0 aromatic carbocycles. The van der Waals surface area contributed by atoms with Gasteiger partial charge in [-0.2, -0.15) is 0 Å². The van der Waals surface area contributed by atoms with Crippen molar-refractivity contribution in [1.29, 1.82) is 0 Å². The zero-order valence-corrected chi connectivity index (χ0v) is 27.5. The summed E-state index contributed by atoms with van der Waals surface area (Å²) in [5.41, 5.74) is 0. The average Bonchev–Trinajstić information content (AvgIpc) is 2.95. The van der Waals surface area contributed by atoms with Crippen molar-refractivity contribution in [3.63, 3.8) is 0 Å². The van der Waals surface area contributed by atoms with E-state index in [0.29, 0.717) is 0 Å². The van der Waals surface area contributed by atoms with Gasteiger partial charge < -0.3 is 4.90 Å². The van der Waals surface area contributed by atoms with Crippen LogP contribution in [0, 0.1) is 0 Å². The number of hydrogen-bond acceptors (Lipinski definition) is 1. The molecule has 0 heterocycles. The van der Waals surface area contributed by atoms with Gasteiger partial charge in [0.05, 0.1) is 0 Å². The van der Waals surface area contributed by atoms with E-state index in [0.717, 1.165) is 19.5 Å². The molecule has 1 amide bonds. The van der Waals surface area contributed by atoms with Crippen LogP contribution in [0.1, 0.15) is 219 Å². The summed E-state index contributed by atoms with van der Waals surface area (Å²) in [6.07, 6.45) is 46.0. The molecule has 0 N–H and O–H groups in total. The Kier molecular flexibility index (Phi) is 35.0. The van der Waals surface area contributed by atoms with Crippen molar-refractivity contribution in [3.8, 4) is 0 Å². The maximum Gasteiger partial charge on any atom is 0.209 e. The molecule has 0 fully saturated rings. The van der Waals surface area contributed by atoms with Gasteiger partial charge in [-0.1, -0.05) is 206 Å². The maximum absolute atomic E-state index is 11.4. The first kappa shape index (κ1) is 38.5. The third-order valence-electron chi connectivity index (χ3n) is 8.75. The van der Waals surface area contributed by atoms with E-state index in [1.165, 1.54) is 205 Å². The summed E-state index contributed by atoms with van der Waals surface area (Å²) < 4.78 is 0. The highest BCUT2D eigenvalue weighted by atomic mass is 16.1. The predicted octanol–water partition coefficient (Wildman–Crippen LogP) is 13.0. The number of hydrogen-bond donors (Lipinski definition) is 0. The summed E-state index contributed by atoms with van der Waals surface area (Å²) in [5.74, 6) is 0. The van der Waals surface area contributed by atoms with E-state index in [1.54, 1.807) is 0 Å². The average molecular weight is 550 g/mol. The summed E-state index contributed by atoms with van der Waals surface area (Å²) in [4.78, 5) is 13.4. The van der Waals surface area contributed by atoms with E-state index in [2.05, 4.69) is 13.8 Å². The minimum absolute atomic E-state index is 0.973. The molecular formula is C37H75NO. The minimum Gasteiger partial charge on any atom is -0.345 e. The lowest BCUT2D eigenvalue weighted by atomic mass is 10.0. The molecule has 0 aromatic heterocycles. The van der Waals surface area contributed by atoms with Crippen molar-refractivity contribution in [2.75, 3.05) is 13.1 Å². The van der Waals surface area contributed by atoms with Gasteiger partial charge in [0.25, 0.3) is 0 Å². The van der Waals surface area contributed by atoms with Crippen LogP contribution >= 0.6 is 0 Å². The van der Waals surface area contributed by atoms with Crippen LogP contribution in [0.15, 0.2) is 0 Å². The Hall–Kier alpha value is -0.530. The molecule has 0 saturated carbocycles. The molecule has 0 aliphatic rings. The van der Waals surface area contributed by atoms with E-state index >= 15 is 0 Å². The van der Waals surface area contributed by atoms with E-state index in [-0.39, 0.29) is 0 Å². The molecule has 0 unspecified atom stereocenters. The Morgan fingerprint density at radius 1 is 0.308 bits per heavy atom. The third kappa shape index (κ3) is 33.6. The van der Waals surface area contributed by atoms with Gasteiger partial charge in [-0.05, 0) is 12.8 Å². The Labute approximate surface area is 248 Å². The lowest BCUT2D eigenvalue weighted by molar-refractivity contribution is -0.118. The normalized spacial score (nSPS) is 11.3. The maximum atomic E-state index is 11.4. The SMILES string of the molecule is CCCCCCCCCCCCCCCCCCN(C=O)CCCCCCCCCCCCCCCCCC. The van der Waals surface area contributed by atoms with Crippen LogP contribution in [0.25, 0.3) is 0 Å². The largest absolute Gasteiger partial charge is 0.345 e. The van der Waals surface area contributed by atoms with Gasteiger partial charge in [0.15, 0.2) is 0 Å². The molecule has 0 radical (unpaired) electrons. The first-order valence-electron chi connectivity index (χ1n) is 18.5. The molecule has 2 heteroatoms. The fraction of sp³-hybridized carbons (Fsp3) is 0.973. The fourth-order valence-electron chi connectivity index (χ4n) is 5.94. The zero-order valence-electron chi connectivity index (χ0n) is 27.5. The second-order valence-electron chi connectivity index (χ2n) is 12.7. The van der Waals surface area contributed by atoms with E-state index in [1.807, 2.05) is 4.90 Å². The monoisotopic (exact) mass is 550 g/mol. The summed E-state index contributed by atoms with van der Waals surface area (Å²) in [7, 11) is 0. The molecule has 0 atom stereocenters. The van der Waals surface area contributed by atoms with E-state index in [4.69, 9.17) is 0 Å². The van der Waals surface area contributed by atoms with Crippen LogP contribution < -0.4 is 0 Å². The highest BCUT2D eigenvalue weighted by Gasteiger charge is 2.02. The van der Waals surface area contributed by atoms with E-state index in [9.17, 15) is 4.79 Å². The highest BCUT2D eigenvalue weighted by molar-refractivity contribution is 5.46. The second kappa shape index (κ2) is 35.5. The molecule has 39 heavy (non-hydrogen) atoms. The molecule has 0 aromatic rings. The van der Waals surface area contributed by atoms with Crippen LogP contribution in [0.2, 0.25) is 0 Å². The van der Waals surface area contributed by atoms with Crippen molar-refractivity contribution in [2.45, 2.75) is 219 Å². The number of unbranched alkanes of at least 4 members (excludes halogenated alkanes) is 30. The van der Waals surface area contributed by atoms with E-state index < -0.39 is 0 Å². The van der Waals surface area contributed by atoms with Crippen molar-refractivity contribution >= 4 is 6.41 Å². The number of carbonyl (C=O) groups is 1. The molecule has 234 valence electrons. The highest BCUT2D eigenvalue weighted by Crippen LogP contribution is 2.15. The summed E-state index contributed by atoms with van der Waals surface area (Å²) in [5, 5.41) is 0. The molecule has 0 saturated heterocycles. The lowest BCUT2D eigenvalue weighted by Crippen LogP contribution is -2.24. The molecular weight excluding hydrogens is 474 g/mol. The van der Waals surface area contributed by atoms with Gasteiger partial charge in [-0.25, -0.2) is 0 Å². The Morgan fingerprint density at radius 2 is 0.487 bits per heavy atom. The standard InChI is InChI=1S/C37H75NO/c1-3-5-7-9-11-13-15-17-19-21-23-25-27-29-31-33-35-38(37-39)36-34-32-30-28-26-24-22-20-18-16-14-12-10-8-6-4-2/h37H,3-36H2,1-2H3. The zero-order chi connectivity index (χ0) is 28.3. The van der Waals surface area contributed by atoms with Crippen molar-refractivity contribution in [1.82, 2.24) is 4.90 Å².